The van der Waals surface area contributed by atoms with Crippen molar-refractivity contribution in [2.75, 3.05) is 0 Å². The lowest BCUT2D eigenvalue weighted by molar-refractivity contribution is 0.288. The number of thioether (sulfide) groups is 1. The molecule has 0 amide bonds. The van der Waals surface area contributed by atoms with Crippen LogP contribution in [-0.4, -0.2) is 14.8 Å². The van der Waals surface area contributed by atoms with Gasteiger partial charge in [-0.05, 0) is 47.4 Å². The van der Waals surface area contributed by atoms with Gasteiger partial charge in [0.2, 0.25) is 0 Å². The lowest BCUT2D eigenvalue weighted by Gasteiger charge is -2.10. The van der Waals surface area contributed by atoms with Crippen LogP contribution >= 0.6 is 11.8 Å². The van der Waals surface area contributed by atoms with Crippen molar-refractivity contribution in [2.24, 2.45) is 7.05 Å². The standard InChI is InChI=1S/C23H23N3OS/c1-16-11-12-17(2)21(13-16)27-14-22-24-25-23(26(22)3)28-15-19-9-6-8-18-7-4-5-10-20(18)19/h4-13H,14-15H2,1-3H3. The van der Waals surface area contributed by atoms with E-state index < -0.39 is 0 Å². The predicted octanol–water partition coefficient (Wildman–Crippen LogP) is 5.46. The third-order valence-corrected chi connectivity index (χ3v) is 5.93. The van der Waals surface area contributed by atoms with E-state index in [-0.39, 0.29) is 0 Å². The van der Waals surface area contributed by atoms with Crippen molar-refractivity contribution in [3.63, 3.8) is 0 Å². The molecule has 0 radical (unpaired) electrons. The molecule has 28 heavy (non-hydrogen) atoms. The molecule has 4 nitrogen and oxygen atoms in total. The molecule has 1 aromatic heterocycles. The van der Waals surface area contributed by atoms with E-state index in [1.165, 1.54) is 21.9 Å². The Kier molecular flexibility index (Phi) is 5.35. The summed E-state index contributed by atoms with van der Waals surface area (Å²) in [5.41, 5.74) is 3.61. The number of ether oxygens (including phenoxy) is 1. The van der Waals surface area contributed by atoms with Gasteiger partial charge in [-0.25, -0.2) is 0 Å². The quantitative estimate of drug-likeness (QED) is 0.411. The Bertz CT molecular complexity index is 1110. The molecule has 0 fully saturated rings. The van der Waals surface area contributed by atoms with Gasteiger partial charge in [0, 0.05) is 12.8 Å². The van der Waals surface area contributed by atoms with Crippen LogP contribution in [0.15, 0.2) is 65.8 Å². The second kappa shape index (κ2) is 8.07. The van der Waals surface area contributed by atoms with Gasteiger partial charge in [0.25, 0.3) is 0 Å². The maximum absolute atomic E-state index is 5.99. The molecule has 0 aliphatic carbocycles. The predicted molar refractivity (Wildman–Crippen MR) is 115 cm³/mol. The average molecular weight is 390 g/mol. The molecule has 0 bridgehead atoms. The first kappa shape index (κ1) is 18.6. The zero-order chi connectivity index (χ0) is 19.5. The number of aromatic nitrogens is 3. The fraction of sp³-hybridized carbons (Fsp3) is 0.217. The van der Waals surface area contributed by atoms with E-state index >= 15 is 0 Å². The van der Waals surface area contributed by atoms with E-state index in [0.717, 1.165) is 28.0 Å². The van der Waals surface area contributed by atoms with Gasteiger partial charge in [-0.15, -0.1) is 10.2 Å². The van der Waals surface area contributed by atoms with Crippen molar-refractivity contribution < 1.29 is 4.74 Å². The Labute approximate surface area is 169 Å². The first-order chi connectivity index (χ1) is 13.6. The first-order valence-corrected chi connectivity index (χ1v) is 10.3. The van der Waals surface area contributed by atoms with Crippen molar-refractivity contribution in [3.05, 3.63) is 83.2 Å². The largest absolute Gasteiger partial charge is 0.485 e. The van der Waals surface area contributed by atoms with Crippen LogP contribution in [0.2, 0.25) is 0 Å². The summed E-state index contributed by atoms with van der Waals surface area (Å²) in [6, 6.07) is 21.1. The maximum atomic E-state index is 5.99. The molecule has 0 aliphatic heterocycles. The average Bonchev–Trinajstić information content (AvgIpc) is 3.06. The van der Waals surface area contributed by atoms with E-state index in [2.05, 4.69) is 84.7 Å². The van der Waals surface area contributed by atoms with E-state index in [4.69, 9.17) is 4.74 Å². The summed E-state index contributed by atoms with van der Waals surface area (Å²) < 4.78 is 8.00. The summed E-state index contributed by atoms with van der Waals surface area (Å²) in [5, 5.41) is 12.1. The number of fused-ring (bicyclic) bond motifs is 1. The Morgan fingerprint density at radius 2 is 1.79 bits per heavy atom. The summed E-state index contributed by atoms with van der Waals surface area (Å²) in [5.74, 6) is 2.57. The van der Waals surface area contributed by atoms with Gasteiger partial charge < -0.3 is 9.30 Å². The van der Waals surface area contributed by atoms with Crippen LogP contribution in [0.25, 0.3) is 10.8 Å². The van der Waals surface area contributed by atoms with Crippen molar-refractivity contribution in [1.82, 2.24) is 14.8 Å². The smallest absolute Gasteiger partial charge is 0.191 e. The molecule has 3 aromatic carbocycles. The number of nitrogens with zero attached hydrogens (tertiary/aromatic N) is 3. The topological polar surface area (TPSA) is 39.9 Å². The normalized spacial score (nSPS) is 11.1. The second-order valence-electron chi connectivity index (χ2n) is 6.94. The van der Waals surface area contributed by atoms with Crippen molar-refractivity contribution >= 4 is 22.5 Å². The minimum absolute atomic E-state index is 0.405. The zero-order valence-corrected chi connectivity index (χ0v) is 17.2. The van der Waals surface area contributed by atoms with Crippen LogP contribution in [0.3, 0.4) is 0 Å². The van der Waals surface area contributed by atoms with Crippen molar-refractivity contribution in [2.45, 2.75) is 31.4 Å². The summed E-state index contributed by atoms with van der Waals surface area (Å²) in [6.07, 6.45) is 0. The Balaban J connectivity index is 1.45. The SMILES string of the molecule is Cc1ccc(C)c(OCc2nnc(SCc3cccc4ccccc34)n2C)c1. The third kappa shape index (κ3) is 3.90. The number of rotatable bonds is 6. The van der Waals surface area contributed by atoms with E-state index in [0.29, 0.717) is 6.61 Å². The van der Waals surface area contributed by atoms with Gasteiger partial charge in [-0.1, -0.05) is 66.4 Å². The highest BCUT2D eigenvalue weighted by atomic mass is 32.2. The van der Waals surface area contributed by atoms with Gasteiger partial charge in [-0.2, -0.15) is 0 Å². The lowest BCUT2D eigenvalue weighted by atomic mass is 10.1. The zero-order valence-electron chi connectivity index (χ0n) is 16.3. The summed E-state index contributed by atoms with van der Waals surface area (Å²) in [4.78, 5) is 0. The van der Waals surface area contributed by atoms with Crippen molar-refractivity contribution in [3.8, 4) is 5.75 Å². The lowest BCUT2D eigenvalue weighted by Crippen LogP contribution is -2.05. The van der Waals surface area contributed by atoms with Gasteiger partial charge in [0.1, 0.15) is 12.4 Å². The molecule has 0 N–H and O–H groups in total. The van der Waals surface area contributed by atoms with Crippen molar-refractivity contribution in [1.29, 1.82) is 0 Å². The monoisotopic (exact) mass is 389 g/mol. The summed E-state index contributed by atoms with van der Waals surface area (Å²) in [7, 11) is 1.99. The maximum Gasteiger partial charge on any atom is 0.191 e. The van der Waals surface area contributed by atoms with Crippen LogP contribution in [0.1, 0.15) is 22.5 Å². The first-order valence-electron chi connectivity index (χ1n) is 9.29. The highest BCUT2D eigenvalue weighted by Gasteiger charge is 2.11. The summed E-state index contributed by atoms with van der Waals surface area (Å²) >= 11 is 1.70. The Morgan fingerprint density at radius 3 is 2.68 bits per heavy atom. The number of hydrogen-bond acceptors (Lipinski definition) is 4. The summed E-state index contributed by atoms with van der Waals surface area (Å²) in [6.45, 7) is 4.52. The van der Waals surface area contributed by atoms with Gasteiger partial charge in [0.05, 0.1) is 0 Å². The van der Waals surface area contributed by atoms with Crippen LogP contribution in [0, 0.1) is 13.8 Å². The molecule has 0 aliphatic rings. The highest BCUT2D eigenvalue weighted by molar-refractivity contribution is 7.98. The Hall–Kier alpha value is -2.79. The molecule has 4 aromatic rings. The molecule has 1 heterocycles. The number of aryl methyl sites for hydroxylation is 2. The van der Waals surface area contributed by atoms with E-state index in [9.17, 15) is 0 Å². The molecule has 0 atom stereocenters. The molecule has 4 rings (SSSR count). The van der Waals surface area contributed by atoms with Gasteiger partial charge in [-0.3, -0.25) is 0 Å². The Morgan fingerprint density at radius 1 is 0.964 bits per heavy atom. The number of hydrogen-bond donors (Lipinski definition) is 0. The molecule has 0 saturated heterocycles. The molecule has 0 spiro atoms. The molecule has 0 saturated carbocycles. The van der Waals surface area contributed by atoms with Gasteiger partial charge >= 0.3 is 0 Å². The highest BCUT2D eigenvalue weighted by Crippen LogP contribution is 2.27. The van der Waals surface area contributed by atoms with E-state index in [1.807, 2.05) is 11.6 Å². The van der Waals surface area contributed by atoms with Crippen LogP contribution < -0.4 is 4.74 Å². The molecular formula is C23H23N3OS. The second-order valence-corrected chi connectivity index (χ2v) is 7.88. The molecular weight excluding hydrogens is 366 g/mol. The third-order valence-electron chi connectivity index (χ3n) is 4.86. The van der Waals surface area contributed by atoms with Crippen LogP contribution in [0.5, 0.6) is 5.75 Å². The van der Waals surface area contributed by atoms with Crippen LogP contribution in [-0.2, 0) is 19.4 Å². The fourth-order valence-corrected chi connectivity index (χ4v) is 4.10. The minimum Gasteiger partial charge on any atom is -0.485 e. The number of benzene rings is 3. The van der Waals surface area contributed by atoms with E-state index in [1.54, 1.807) is 11.8 Å². The molecule has 0 unspecified atom stereocenters. The minimum atomic E-state index is 0.405. The van der Waals surface area contributed by atoms with Gasteiger partial charge in [0.15, 0.2) is 11.0 Å². The molecule has 5 heteroatoms. The van der Waals surface area contributed by atoms with Crippen LogP contribution in [0.4, 0.5) is 0 Å². The fourth-order valence-electron chi connectivity index (χ4n) is 3.16. The molecule has 142 valence electrons.